The SMILES string of the molecule is c1cc(-c2cc3ccccc3s2)cc(-c2c3ccccc3c(-c3ccc(-c4ccc5ccccc5c4)cc3)c3ccccc23)c1. The van der Waals surface area contributed by atoms with Crippen molar-refractivity contribution in [3.05, 3.63) is 170 Å². The lowest BCUT2D eigenvalue weighted by Gasteiger charge is -2.18. The van der Waals surface area contributed by atoms with Crippen molar-refractivity contribution in [3.63, 3.8) is 0 Å². The molecule has 0 aliphatic heterocycles. The minimum Gasteiger partial charge on any atom is -0.135 e. The lowest BCUT2D eigenvalue weighted by molar-refractivity contribution is 1.62. The van der Waals surface area contributed by atoms with Crippen LogP contribution in [-0.2, 0) is 0 Å². The maximum absolute atomic E-state index is 2.37. The average Bonchev–Trinajstić information content (AvgIpc) is 3.55. The summed E-state index contributed by atoms with van der Waals surface area (Å²) in [6, 6.07) is 62.3. The molecule has 0 amide bonds. The molecule has 0 saturated carbocycles. The molecule has 0 radical (unpaired) electrons. The third-order valence-corrected chi connectivity index (χ3v) is 10.2. The topological polar surface area (TPSA) is 0 Å². The molecule has 1 heteroatoms. The van der Waals surface area contributed by atoms with Crippen LogP contribution in [0, 0.1) is 0 Å². The highest BCUT2D eigenvalue weighted by molar-refractivity contribution is 7.22. The van der Waals surface area contributed by atoms with Gasteiger partial charge in [0, 0.05) is 9.58 Å². The van der Waals surface area contributed by atoms with Crippen LogP contribution in [0.1, 0.15) is 0 Å². The lowest BCUT2D eigenvalue weighted by Crippen LogP contribution is -1.91. The van der Waals surface area contributed by atoms with E-state index >= 15 is 0 Å². The Balaban J connectivity index is 1.21. The fourth-order valence-electron chi connectivity index (χ4n) is 6.90. The van der Waals surface area contributed by atoms with Crippen molar-refractivity contribution in [2.24, 2.45) is 0 Å². The third-order valence-electron chi connectivity index (χ3n) is 9.05. The van der Waals surface area contributed by atoms with Crippen LogP contribution in [0.25, 0.3) is 86.2 Å². The Morgan fingerprint density at radius 1 is 0.289 bits per heavy atom. The predicted molar refractivity (Wildman–Crippen MR) is 196 cm³/mol. The van der Waals surface area contributed by atoms with Gasteiger partial charge in [0.25, 0.3) is 0 Å². The summed E-state index contributed by atoms with van der Waals surface area (Å²) in [5, 5.41) is 8.94. The number of thiophene rings is 1. The molecule has 9 rings (SSSR count). The van der Waals surface area contributed by atoms with Crippen LogP contribution < -0.4 is 0 Å². The van der Waals surface area contributed by atoms with E-state index in [1.165, 1.54) is 86.2 Å². The number of hydrogen-bond donors (Lipinski definition) is 0. The van der Waals surface area contributed by atoms with Crippen molar-refractivity contribution in [3.8, 4) is 43.8 Å². The molecule has 9 aromatic rings. The summed E-state index contributed by atoms with van der Waals surface area (Å²) in [4.78, 5) is 1.30. The first-order valence-electron chi connectivity index (χ1n) is 15.4. The molecule has 0 nitrogen and oxygen atoms in total. The number of rotatable bonds is 4. The zero-order chi connectivity index (χ0) is 29.7. The van der Waals surface area contributed by atoms with Gasteiger partial charge in [-0.05, 0) is 101 Å². The van der Waals surface area contributed by atoms with E-state index in [0.717, 1.165) is 0 Å². The molecule has 1 aromatic heterocycles. The quantitative estimate of drug-likeness (QED) is 0.179. The first kappa shape index (κ1) is 25.9. The third kappa shape index (κ3) is 4.44. The van der Waals surface area contributed by atoms with Gasteiger partial charge in [-0.1, -0.05) is 146 Å². The summed E-state index contributed by atoms with van der Waals surface area (Å²) in [6.45, 7) is 0. The van der Waals surface area contributed by atoms with Crippen molar-refractivity contribution >= 4 is 53.7 Å². The van der Waals surface area contributed by atoms with Crippen LogP contribution in [-0.4, -0.2) is 0 Å². The summed E-state index contributed by atoms with van der Waals surface area (Å²) in [7, 11) is 0. The van der Waals surface area contributed by atoms with Crippen LogP contribution in [0.4, 0.5) is 0 Å². The van der Waals surface area contributed by atoms with Gasteiger partial charge in [-0.15, -0.1) is 11.3 Å². The van der Waals surface area contributed by atoms with Gasteiger partial charge in [-0.25, -0.2) is 0 Å². The Bertz CT molecular complexity index is 2440. The lowest BCUT2D eigenvalue weighted by atomic mass is 9.85. The van der Waals surface area contributed by atoms with Gasteiger partial charge in [-0.3, -0.25) is 0 Å². The van der Waals surface area contributed by atoms with Gasteiger partial charge < -0.3 is 0 Å². The molecule has 0 bridgehead atoms. The molecular weight excluding hydrogens is 561 g/mol. The molecule has 1 heterocycles. The van der Waals surface area contributed by atoms with E-state index in [1.54, 1.807) is 0 Å². The van der Waals surface area contributed by atoms with Crippen molar-refractivity contribution in [2.75, 3.05) is 0 Å². The molecule has 210 valence electrons. The van der Waals surface area contributed by atoms with Crippen LogP contribution >= 0.6 is 11.3 Å². The summed E-state index contributed by atoms with van der Waals surface area (Å²) < 4.78 is 1.32. The summed E-state index contributed by atoms with van der Waals surface area (Å²) in [5.41, 5.74) is 8.79. The number of hydrogen-bond acceptors (Lipinski definition) is 1. The number of benzene rings is 8. The first-order chi connectivity index (χ1) is 22.3. The largest absolute Gasteiger partial charge is 0.135 e. The van der Waals surface area contributed by atoms with Gasteiger partial charge in [0.1, 0.15) is 0 Å². The van der Waals surface area contributed by atoms with Crippen molar-refractivity contribution < 1.29 is 0 Å². The fraction of sp³-hybridized carbons (Fsp3) is 0. The smallest absolute Gasteiger partial charge is 0.0355 e. The van der Waals surface area contributed by atoms with Crippen LogP contribution in [0.15, 0.2) is 170 Å². The molecule has 0 spiro atoms. The minimum atomic E-state index is 1.23. The normalized spacial score (nSPS) is 11.6. The van der Waals surface area contributed by atoms with E-state index in [4.69, 9.17) is 0 Å². The summed E-state index contributed by atoms with van der Waals surface area (Å²) in [6.07, 6.45) is 0. The van der Waals surface area contributed by atoms with Gasteiger partial charge in [-0.2, -0.15) is 0 Å². The second-order valence-electron chi connectivity index (χ2n) is 11.7. The zero-order valence-corrected chi connectivity index (χ0v) is 25.4. The second kappa shape index (κ2) is 10.6. The first-order valence-corrected chi connectivity index (χ1v) is 16.2. The Labute approximate surface area is 266 Å². The highest BCUT2D eigenvalue weighted by Crippen LogP contribution is 2.45. The van der Waals surface area contributed by atoms with E-state index in [1.807, 2.05) is 11.3 Å². The van der Waals surface area contributed by atoms with Crippen LogP contribution in [0.2, 0.25) is 0 Å². The van der Waals surface area contributed by atoms with Gasteiger partial charge >= 0.3 is 0 Å². The molecule has 0 unspecified atom stereocenters. The molecule has 0 saturated heterocycles. The van der Waals surface area contributed by atoms with E-state index in [2.05, 4.69) is 170 Å². The highest BCUT2D eigenvalue weighted by atomic mass is 32.1. The van der Waals surface area contributed by atoms with Gasteiger partial charge in [0.15, 0.2) is 0 Å². The molecule has 0 aliphatic rings. The Hall–Kier alpha value is -5.50. The van der Waals surface area contributed by atoms with Gasteiger partial charge in [0.2, 0.25) is 0 Å². The zero-order valence-electron chi connectivity index (χ0n) is 24.6. The highest BCUT2D eigenvalue weighted by Gasteiger charge is 2.17. The fourth-order valence-corrected chi connectivity index (χ4v) is 7.96. The van der Waals surface area contributed by atoms with E-state index in [0.29, 0.717) is 0 Å². The van der Waals surface area contributed by atoms with E-state index in [9.17, 15) is 0 Å². The molecule has 0 aliphatic carbocycles. The summed E-state index contributed by atoms with van der Waals surface area (Å²) in [5.74, 6) is 0. The minimum absolute atomic E-state index is 1.23. The molecule has 0 fully saturated rings. The molecule has 8 aromatic carbocycles. The van der Waals surface area contributed by atoms with Crippen LogP contribution in [0.5, 0.6) is 0 Å². The van der Waals surface area contributed by atoms with Crippen LogP contribution in [0.3, 0.4) is 0 Å². The molecule has 45 heavy (non-hydrogen) atoms. The second-order valence-corrected chi connectivity index (χ2v) is 12.8. The van der Waals surface area contributed by atoms with Gasteiger partial charge in [0.05, 0.1) is 0 Å². The average molecular weight is 589 g/mol. The van der Waals surface area contributed by atoms with Crippen molar-refractivity contribution in [1.29, 1.82) is 0 Å². The molecular formula is C44H28S. The maximum atomic E-state index is 2.37. The standard InChI is InChI=1S/C44H28S/c1-2-11-32-26-33(25-22-29(32)10-1)30-20-23-31(24-21-30)43-37-15-4-6-17-39(37)44(40-18-7-5-16-38(40)43)36-14-9-13-34(27-36)42-28-35-12-3-8-19-41(35)45-42/h1-28H. The van der Waals surface area contributed by atoms with E-state index in [-0.39, 0.29) is 0 Å². The Morgan fingerprint density at radius 2 is 0.822 bits per heavy atom. The van der Waals surface area contributed by atoms with Crippen molar-refractivity contribution in [2.45, 2.75) is 0 Å². The number of fused-ring (bicyclic) bond motifs is 4. The van der Waals surface area contributed by atoms with E-state index < -0.39 is 0 Å². The predicted octanol–water partition coefficient (Wildman–Crippen LogP) is 13.0. The molecule has 0 N–H and O–H groups in total. The monoisotopic (exact) mass is 588 g/mol. The maximum Gasteiger partial charge on any atom is 0.0355 e. The summed E-state index contributed by atoms with van der Waals surface area (Å²) >= 11 is 1.86. The Kier molecular flexibility index (Phi) is 6.11. The van der Waals surface area contributed by atoms with Crippen molar-refractivity contribution in [1.82, 2.24) is 0 Å². The molecule has 0 atom stereocenters. The Morgan fingerprint density at radius 3 is 1.51 bits per heavy atom.